The first-order valence-corrected chi connectivity index (χ1v) is 7.82. The third-order valence-electron chi connectivity index (χ3n) is 5.02. The van der Waals surface area contributed by atoms with E-state index in [1.165, 1.54) is 25.7 Å². The van der Waals surface area contributed by atoms with Gasteiger partial charge in [0.05, 0.1) is 6.42 Å². The average molecular weight is 282 g/mol. The molecule has 20 heavy (non-hydrogen) atoms. The highest BCUT2D eigenvalue weighted by molar-refractivity contribution is 5.76. The molecule has 5 heteroatoms. The maximum atomic E-state index is 12.2. The molecule has 1 spiro atoms. The minimum Gasteiger partial charge on any atom is -0.481 e. The first-order chi connectivity index (χ1) is 9.54. The highest BCUT2D eigenvalue weighted by Crippen LogP contribution is 2.46. The van der Waals surface area contributed by atoms with Gasteiger partial charge in [-0.25, -0.2) is 4.79 Å². The second-order valence-corrected chi connectivity index (χ2v) is 6.35. The summed E-state index contributed by atoms with van der Waals surface area (Å²) in [4.78, 5) is 24.8. The molecule has 0 aromatic rings. The van der Waals surface area contributed by atoms with Crippen LogP contribution < -0.4 is 5.32 Å². The van der Waals surface area contributed by atoms with Crippen molar-refractivity contribution >= 4 is 12.0 Å². The molecule has 1 heterocycles. The van der Waals surface area contributed by atoms with Gasteiger partial charge in [-0.2, -0.15) is 0 Å². The summed E-state index contributed by atoms with van der Waals surface area (Å²) in [6.45, 7) is 3.53. The summed E-state index contributed by atoms with van der Waals surface area (Å²) in [5.41, 5.74) is 0.502. The number of piperidine rings is 1. The fourth-order valence-corrected chi connectivity index (χ4v) is 3.58. The van der Waals surface area contributed by atoms with Crippen LogP contribution in [0, 0.1) is 5.41 Å². The van der Waals surface area contributed by atoms with Gasteiger partial charge in [0.15, 0.2) is 0 Å². The van der Waals surface area contributed by atoms with Gasteiger partial charge in [0.2, 0.25) is 0 Å². The fourth-order valence-electron chi connectivity index (χ4n) is 3.58. The molecule has 5 nitrogen and oxygen atoms in total. The van der Waals surface area contributed by atoms with Crippen LogP contribution in [0.15, 0.2) is 0 Å². The lowest BCUT2D eigenvalue weighted by molar-refractivity contribution is -0.137. The Bertz CT molecular complexity index is 354. The van der Waals surface area contributed by atoms with E-state index in [2.05, 4.69) is 5.32 Å². The molecule has 114 valence electrons. The van der Waals surface area contributed by atoms with Crippen molar-refractivity contribution in [1.29, 1.82) is 0 Å². The highest BCUT2D eigenvalue weighted by Gasteiger charge is 2.38. The number of carboxylic acids is 1. The number of urea groups is 1. The number of amides is 2. The van der Waals surface area contributed by atoms with Crippen LogP contribution in [0.4, 0.5) is 4.79 Å². The van der Waals surface area contributed by atoms with E-state index in [-0.39, 0.29) is 18.5 Å². The van der Waals surface area contributed by atoms with Crippen LogP contribution in [-0.4, -0.2) is 41.1 Å². The number of carboxylic acid groups (broad SMARTS) is 1. The minimum atomic E-state index is -0.860. The second-order valence-electron chi connectivity index (χ2n) is 6.35. The summed E-state index contributed by atoms with van der Waals surface area (Å²) in [5, 5.41) is 11.7. The molecule has 1 aliphatic heterocycles. The summed E-state index contributed by atoms with van der Waals surface area (Å²) in [6, 6.07) is -0.353. The molecule has 2 aliphatic rings. The summed E-state index contributed by atoms with van der Waals surface area (Å²) in [6.07, 6.45) is 8.17. The smallest absolute Gasteiger partial charge is 0.317 e. The topological polar surface area (TPSA) is 69.6 Å². The predicted octanol–water partition coefficient (Wildman–Crippen LogP) is 2.61. The number of aliphatic carboxylic acids is 1. The van der Waals surface area contributed by atoms with Gasteiger partial charge in [-0.05, 0) is 37.5 Å². The maximum Gasteiger partial charge on any atom is 0.317 e. The summed E-state index contributed by atoms with van der Waals surface area (Å²) >= 11 is 0. The Morgan fingerprint density at radius 3 is 2.30 bits per heavy atom. The Morgan fingerprint density at radius 2 is 1.80 bits per heavy atom. The number of carbonyl (C=O) groups is 2. The van der Waals surface area contributed by atoms with Crippen molar-refractivity contribution in [1.82, 2.24) is 10.2 Å². The number of hydrogen-bond acceptors (Lipinski definition) is 2. The van der Waals surface area contributed by atoms with Gasteiger partial charge >= 0.3 is 12.0 Å². The quantitative estimate of drug-likeness (QED) is 0.832. The minimum absolute atomic E-state index is 0.0000174. The number of nitrogens with zero attached hydrogens (tertiary/aromatic N) is 1. The Hall–Kier alpha value is -1.26. The van der Waals surface area contributed by atoms with Crippen molar-refractivity contribution in [2.45, 2.75) is 64.3 Å². The summed E-state index contributed by atoms with van der Waals surface area (Å²) in [7, 11) is 0. The highest BCUT2D eigenvalue weighted by atomic mass is 16.4. The number of nitrogens with one attached hydrogen (secondary N) is 1. The van der Waals surface area contributed by atoms with Gasteiger partial charge in [-0.3, -0.25) is 4.79 Å². The molecular formula is C15H26N2O3. The van der Waals surface area contributed by atoms with Crippen LogP contribution in [0.3, 0.4) is 0 Å². The first kappa shape index (κ1) is 15.1. The molecule has 2 N–H and O–H groups in total. The van der Waals surface area contributed by atoms with Gasteiger partial charge in [-0.1, -0.05) is 19.8 Å². The van der Waals surface area contributed by atoms with E-state index in [0.717, 1.165) is 25.9 Å². The summed E-state index contributed by atoms with van der Waals surface area (Å²) in [5.74, 6) is -0.860. The van der Waals surface area contributed by atoms with Crippen LogP contribution in [0.25, 0.3) is 0 Å². The first-order valence-electron chi connectivity index (χ1n) is 7.82. The normalized spacial score (nSPS) is 22.8. The van der Waals surface area contributed by atoms with Gasteiger partial charge in [0.25, 0.3) is 0 Å². The zero-order chi connectivity index (χ0) is 14.6. The monoisotopic (exact) mass is 282 g/mol. The lowest BCUT2D eigenvalue weighted by Crippen LogP contribution is -2.49. The lowest BCUT2D eigenvalue weighted by Gasteiger charge is -2.39. The Kier molecular flexibility index (Phi) is 4.89. The molecule has 2 fully saturated rings. The van der Waals surface area contributed by atoms with Crippen molar-refractivity contribution in [3.63, 3.8) is 0 Å². The van der Waals surface area contributed by atoms with E-state index in [4.69, 9.17) is 5.11 Å². The zero-order valence-corrected chi connectivity index (χ0v) is 12.4. The lowest BCUT2D eigenvalue weighted by atomic mass is 9.77. The molecule has 0 aromatic heterocycles. The number of likely N-dealkylation sites (tertiary alicyclic amines) is 1. The molecule has 0 bridgehead atoms. The van der Waals surface area contributed by atoms with Gasteiger partial charge in [0, 0.05) is 19.1 Å². The molecular weight excluding hydrogens is 256 g/mol. The Balaban J connectivity index is 1.80. The number of hydrogen-bond donors (Lipinski definition) is 2. The van der Waals surface area contributed by atoms with Crippen molar-refractivity contribution in [3.05, 3.63) is 0 Å². The van der Waals surface area contributed by atoms with Crippen LogP contribution in [0.1, 0.15) is 58.3 Å². The Labute approximate surface area is 120 Å². The average Bonchev–Trinajstić information content (AvgIpc) is 2.86. The fraction of sp³-hybridized carbons (Fsp3) is 0.867. The second kappa shape index (κ2) is 6.46. The van der Waals surface area contributed by atoms with Crippen molar-refractivity contribution in [3.8, 4) is 0 Å². The maximum absolute atomic E-state index is 12.2. The van der Waals surface area contributed by atoms with Crippen LogP contribution in [0.2, 0.25) is 0 Å². The SMILES string of the molecule is CCC(CC(=O)O)NC(=O)N1CCC2(CCCC2)CC1. The molecule has 1 unspecified atom stereocenters. The largest absolute Gasteiger partial charge is 0.481 e. The van der Waals surface area contributed by atoms with Crippen LogP contribution in [-0.2, 0) is 4.79 Å². The van der Waals surface area contributed by atoms with E-state index in [0.29, 0.717) is 11.8 Å². The number of rotatable bonds is 4. The third kappa shape index (κ3) is 3.64. The Morgan fingerprint density at radius 1 is 1.20 bits per heavy atom. The standard InChI is InChI=1S/C15H26N2O3/c1-2-12(11-13(18)19)16-14(20)17-9-7-15(8-10-17)5-3-4-6-15/h12H,2-11H2,1H3,(H,16,20)(H,18,19). The van der Waals surface area contributed by atoms with Gasteiger partial charge in [0.1, 0.15) is 0 Å². The third-order valence-corrected chi connectivity index (χ3v) is 5.02. The number of carbonyl (C=O) groups excluding carboxylic acids is 1. The predicted molar refractivity (Wildman–Crippen MR) is 76.6 cm³/mol. The molecule has 1 saturated carbocycles. The van der Waals surface area contributed by atoms with E-state index in [1.54, 1.807) is 0 Å². The van der Waals surface area contributed by atoms with Crippen molar-refractivity contribution in [2.24, 2.45) is 5.41 Å². The van der Waals surface area contributed by atoms with Crippen LogP contribution >= 0.6 is 0 Å². The van der Waals surface area contributed by atoms with Crippen molar-refractivity contribution < 1.29 is 14.7 Å². The van der Waals surface area contributed by atoms with Crippen LogP contribution in [0.5, 0.6) is 0 Å². The van der Waals surface area contributed by atoms with Crippen molar-refractivity contribution in [2.75, 3.05) is 13.1 Å². The van der Waals surface area contributed by atoms with E-state index >= 15 is 0 Å². The summed E-state index contributed by atoms with van der Waals surface area (Å²) < 4.78 is 0. The van der Waals surface area contributed by atoms with E-state index < -0.39 is 5.97 Å². The molecule has 1 atom stereocenters. The molecule has 0 aromatic carbocycles. The molecule has 1 aliphatic carbocycles. The molecule has 0 radical (unpaired) electrons. The van der Waals surface area contributed by atoms with Gasteiger partial charge < -0.3 is 15.3 Å². The van der Waals surface area contributed by atoms with E-state index in [1.807, 2.05) is 11.8 Å². The zero-order valence-electron chi connectivity index (χ0n) is 12.4. The van der Waals surface area contributed by atoms with E-state index in [9.17, 15) is 9.59 Å². The molecule has 2 amide bonds. The van der Waals surface area contributed by atoms with Gasteiger partial charge in [-0.15, -0.1) is 0 Å². The molecule has 2 rings (SSSR count). The molecule has 1 saturated heterocycles.